The van der Waals surface area contributed by atoms with E-state index >= 15 is 0 Å². The molecule has 1 aliphatic rings. The molecule has 1 fully saturated rings. The van der Waals surface area contributed by atoms with E-state index < -0.39 is 0 Å². The molecule has 88 valence electrons. The summed E-state index contributed by atoms with van der Waals surface area (Å²) in [5, 5.41) is 0. The van der Waals surface area contributed by atoms with Gasteiger partial charge in [-0.1, -0.05) is 20.8 Å². The Labute approximate surface area is 97.9 Å². The van der Waals surface area contributed by atoms with Crippen molar-refractivity contribution in [3.05, 3.63) is 18.2 Å². The molecule has 0 saturated carbocycles. The number of nitrogens with zero attached hydrogens (tertiary/aromatic N) is 3. The Bertz CT molecular complexity index is 331. The van der Waals surface area contributed by atoms with Gasteiger partial charge in [0, 0.05) is 18.5 Å². The van der Waals surface area contributed by atoms with Crippen LogP contribution in [0, 0.1) is 0 Å². The van der Waals surface area contributed by atoms with Crippen LogP contribution in [0.5, 0.6) is 0 Å². The standard InChI is InChI=1S/C13H21N3/c1-13(2,3)12-14-9-11(10-15-12)16-7-5-4-6-8-16/h9-10H,4-8H2,1-3H3. The second-order valence-electron chi connectivity index (χ2n) is 5.56. The van der Waals surface area contributed by atoms with Crippen LogP contribution in [-0.2, 0) is 5.41 Å². The zero-order valence-corrected chi connectivity index (χ0v) is 10.5. The first-order chi connectivity index (χ1) is 7.57. The second kappa shape index (κ2) is 4.40. The highest BCUT2D eigenvalue weighted by Crippen LogP contribution is 2.21. The van der Waals surface area contributed by atoms with Crippen LogP contribution in [-0.4, -0.2) is 23.1 Å². The first-order valence-corrected chi connectivity index (χ1v) is 6.15. The molecule has 0 radical (unpaired) electrons. The van der Waals surface area contributed by atoms with E-state index in [0.29, 0.717) is 0 Å². The summed E-state index contributed by atoms with van der Waals surface area (Å²) in [6.45, 7) is 8.73. The van der Waals surface area contributed by atoms with Gasteiger partial charge in [-0.05, 0) is 19.3 Å². The lowest BCUT2D eigenvalue weighted by Crippen LogP contribution is -2.30. The van der Waals surface area contributed by atoms with Crippen molar-refractivity contribution in [2.45, 2.75) is 45.4 Å². The van der Waals surface area contributed by atoms with Crippen LogP contribution in [0.1, 0.15) is 45.9 Å². The van der Waals surface area contributed by atoms with E-state index in [1.165, 1.54) is 24.9 Å². The van der Waals surface area contributed by atoms with Crippen molar-refractivity contribution in [3.8, 4) is 0 Å². The molecule has 0 amide bonds. The third kappa shape index (κ3) is 2.52. The second-order valence-corrected chi connectivity index (χ2v) is 5.56. The summed E-state index contributed by atoms with van der Waals surface area (Å²) in [6.07, 6.45) is 7.89. The fourth-order valence-corrected chi connectivity index (χ4v) is 2.02. The summed E-state index contributed by atoms with van der Waals surface area (Å²) >= 11 is 0. The van der Waals surface area contributed by atoms with Gasteiger partial charge in [0.25, 0.3) is 0 Å². The highest BCUT2D eigenvalue weighted by molar-refractivity contribution is 5.42. The van der Waals surface area contributed by atoms with Crippen molar-refractivity contribution >= 4 is 5.69 Å². The van der Waals surface area contributed by atoms with E-state index in [4.69, 9.17) is 0 Å². The third-order valence-electron chi connectivity index (χ3n) is 3.03. The van der Waals surface area contributed by atoms with Gasteiger partial charge < -0.3 is 4.90 Å². The van der Waals surface area contributed by atoms with E-state index in [9.17, 15) is 0 Å². The van der Waals surface area contributed by atoms with Gasteiger partial charge >= 0.3 is 0 Å². The van der Waals surface area contributed by atoms with E-state index in [-0.39, 0.29) is 5.41 Å². The number of anilines is 1. The van der Waals surface area contributed by atoms with Gasteiger partial charge in [0.2, 0.25) is 0 Å². The van der Waals surface area contributed by atoms with Crippen LogP contribution < -0.4 is 4.90 Å². The van der Waals surface area contributed by atoms with Gasteiger partial charge in [0.05, 0.1) is 18.1 Å². The van der Waals surface area contributed by atoms with Crippen molar-refractivity contribution < 1.29 is 0 Å². The Morgan fingerprint density at radius 3 is 2.06 bits per heavy atom. The lowest BCUT2D eigenvalue weighted by atomic mass is 9.96. The molecule has 0 aromatic carbocycles. The molecule has 1 saturated heterocycles. The minimum absolute atomic E-state index is 0.0421. The number of hydrogen-bond acceptors (Lipinski definition) is 3. The fourth-order valence-electron chi connectivity index (χ4n) is 2.02. The van der Waals surface area contributed by atoms with Crippen LogP contribution >= 0.6 is 0 Å². The van der Waals surface area contributed by atoms with Gasteiger partial charge in [-0.25, -0.2) is 9.97 Å². The van der Waals surface area contributed by atoms with E-state index in [1.54, 1.807) is 0 Å². The minimum Gasteiger partial charge on any atom is -0.369 e. The number of hydrogen-bond donors (Lipinski definition) is 0. The molecular weight excluding hydrogens is 198 g/mol. The average Bonchev–Trinajstić information content (AvgIpc) is 2.29. The van der Waals surface area contributed by atoms with Crippen LogP contribution in [0.25, 0.3) is 0 Å². The molecule has 0 atom stereocenters. The normalized spacial score (nSPS) is 17.6. The number of rotatable bonds is 1. The summed E-state index contributed by atoms with van der Waals surface area (Å²) in [7, 11) is 0. The van der Waals surface area contributed by atoms with Crippen molar-refractivity contribution in [1.29, 1.82) is 0 Å². The molecular formula is C13H21N3. The van der Waals surface area contributed by atoms with Crippen LogP contribution in [0.3, 0.4) is 0 Å². The average molecular weight is 219 g/mol. The summed E-state index contributed by atoms with van der Waals surface area (Å²) in [6, 6.07) is 0. The quantitative estimate of drug-likeness (QED) is 0.727. The first-order valence-electron chi connectivity index (χ1n) is 6.15. The number of piperidine rings is 1. The number of aromatic nitrogens is 2. The minimum atomic E-state index is 0.0421. The molecule has 2 rings (SSSR count). The molecule has 1 aromatic heterocycles. The molecule has 1 aromatic rings. The zero-order chi connectivity index (χ0) is 11.6. The maximum Gasteiger partial charge on any atom is 0.133 e. The maximum atomic E-state index is 4.47. The van der Waals surface area contributed by atoms with Gasteiger partial charge in [-0.15, -0.1) is 0 Å². The van der Waals surface area contributed by atoms with Crippen LogP contribution in [0.2, 0.25) is 0 Å². The Hall–Kier alpha value is -1.12. The Balaban J connectivity index is 2.12. The van der Waals surface area contributed by atoms with E-state index in [2.05, 4.69) is 35.6 Å². The Morgan fingerprint density at radius 2 is 1.56 bits per heavy atom. The largest absolute Gasteiger partial charge is 0.369 e. The fraction of sp³-hybridized carbons (Fsp3) is 0.692. The summed E-state index contributed by atoms with van der Waals surface area (Å²) in [4.78, 5) is 11.3. The van der Waals surface area contributed by atoms with Gasteiger partial charge in [-0.3, -0.25) is 0 Å². The summed E-state index contributed by atoms with van der Waals surface area (Å²) in [5.74, 6) is 0.924. The highest BCUT2D eigenvalue weighted by Gasteiger charge is 2.18. The molecule has 1 aliphatic heterocycles. The predicted molar refractivity (Wildman–Crippen MR) is 66.8 cm³/mol. The molecule has 2 heterocycles. The third-order valence-corrected chi connectivity index (χ3v) is 3.03. The lowest BCUT2D eigenvalue weighted by Gasteiger charge is -2.28. The van der Waals surface area contributed by atoms with Crippen molar-refractivity contribution in [2.75, 3.05) is 18.0 Å². The van der Waals surface area contributed by atoms with Crippen molar-refractivity contribution in [3.63, 3.8) is 0 Å². The lowest BCUT2D eigenvalue weighted by molar-refractivity contribution is 0.541. The Kier molecular flexibility index (Phi) is 3.13. The summed E-state index contributed by atoms with van der Waals surface area (Å²) in [5.41, 5.74) is 1.22. The molecule has 0 unspecified atom stereocenters. The first kappa shape index (κ1) is 11.4. The van der Waals surface area contributed by atoms with Gasteiger partial charge in [-0.2, -0.15) is 0 Å². The maximum absolute atomic E-state index is 4.47. The predicted octanol–water partition coefficient (Wildman–Crippen LogP) is 2.76. The molecule has 0 bridgehead atoms. The molecule has 3 nitrogen and oxygen atoms in total. The Morgan fingerprint density at radius 1 is 1.00 bits per heavy atom. The van der Waals surface area contributed by atoms with Crippen LogP contribution in [0.15, 0.2) is 12.4 Å². The molecule has 0 N–H and O–H groups in total. The summed E-state index contributed by atoms with van der Waals surface area (Å²) < 4.78 is 0. The molecule has 16 heavy (non-hydrogen) atoms. The topological polar surface area (TPSA) is 29.0 Å². The van der Waals surface area contributed by atoms with Gasteiger partial charge in [0.1, 0.15) is 5.82 Å². The zero-order valence-electron chi connectivity index (χ0n) is 10.5. The van der Waals surface area contributed by atoms with E-state index in [0.717, 1.165) is 18.9 Å². The molecule has 0 aliphatic carbocycles. The van der Waals surface area contributed by atoms with E-state index in [1.807, 2.05) is 12.4 Å². The monoisotopic (exact) mass is 219 g/mol. The molecule has 0 spiro atoms. The smallest absolute Gasteiger partial charge is 0.133 e. The highest BCUT2D eigenvalue weighted by atomic mass is 15.1. The van der Waals surface area contributed by atoms with Crippen molar-refractivity contribution in [1.82, 2.24) is 9.97 Å². The van der Waals surface area contributed by atoms with Crippen LogP contribution in [0.4, 0.5) is 5.69 Å². The van der Waals surface area contributed by atoms with Crippen molar-refractivity contribution in [2.24, 2.45) is 0 Å². The van der Waals surface area contributed by atoms with Gasteiger partial charge in [0.15, 0.2) is 0 Å². The molecule has 3 heteroatoms. The SMILES string of the molecule is CC(C)(C)c1ncc(N2CCCCC2)cn1.